The van der Waals surface area contributed by atoms with Gasteiger partial charge in [-0.3, -0.25) is 0 Å². The van der Waals surface area contributed by atoms with Crippen LogP contribution in [-0.4, -0.2) is 39.9 Å². The van der Waals surface area contributed by atoms with Crippen molar-refractivity contribution >= 4 is 0 Å². The molecule has 1 aliphatic rings. The molecule has 1 unspecified atom stereocenters. The van der Waals surface area contributed by atoms with Gasteiger partial charge in [-0.05, 0) is 6.92 Å². The van der Waals surface area contributed by atoms with Crippen molar-refractivity contribution in [3.8, 4) is 0 Å². The van der Waals surface area contributed by atoms with Crippen LogP contribution < -0.4 is 0 Å². The van der Waals surface area contributed by atoms with Crippen molar-refractivity contribution in [2.75, 3.05) is 0 Å². The molecule has 4 heteroatoms. The SMILES string of the molecule is CC.CC1O[C@@H](O)C[C@H](O)[C@H]1O. The third-order valence-corrected chi connectivity index (χ3v) is 1.69. The fraction of sp³-hybridized carbons (Fsp3) is 1.00. The Balaban J connectivity index is 0.000000561. The third-order valence-electron chi connectivity index (χ3n) is 1.69. The quantitative estimate of drug-likeness (QED) is 0.483. The molecular formula is C8H18O4. The van der Waals surface area contributed by atoms with E-state index in [-0.39, 0.29) is 6.42 Å². The molecule has 4 nitrogen and oxygen atoms in total. The summed E-state index contributed by atoms with van der Waals surface area (Å²) in [6, 6.07) is 0. The van der Waals surface area contributed by atoms with Gasteiger partial charge in [-0.1, -0.05) is 13.8 Å². The molecule has 0 bridgehead atoms. The van der Waals surface area contributed by atoms with E-state index in [1.165, 1.54) is 0 Å². The molecule has 0 aromatic heterocycles. The summed E-state index contributed by atoms with van der Waals surface area (Å²) in [6.45, 7) is 5.61. The monoisotopic (exact) mass is 178 g/mol. The lowest BCUT2D eigenvalue weighted by Crippen LogP contribution is -2.46. The second kappa shape index (κ2) is 5.48. The number of hydrogen-bond donors (Lipinski definition) is 3. The van der Waals surface area contributed by atoms with E-state index in [1.54, 1.807) is 6.92 Å². The molecule has 0 aromatic carbocycles. The molecule has 4 atom stereocenters. The predicted octanol–water partition coefficient (Wildman–Crippen LogP) is -0.138. The fourth-order valence-corrected chi connectivity index (χ4v) is 1.04. The molecule has 0 saturated carbocycles. The zero-order valence-electron chi connectivity index (χ0n) is 7.77. The molecule has 1 aliphatic heterocycles. The number of ether oxygens (including phenoxy) is 1. The first-order valence-corrected chi connectivity index (χ1v) is 4.31. The van der Waals surface area contributed by atoms with Crippen LogP contribution in [0.15, 0.2) is 0 Å². The van der Waals surface area contributed by atoms with Crippen molar-refractivity contribution in [1.82, 2.24) is 0 Å². The molecular weight excluding hydrogens is 160 g/mol. The van der Waals surface area contributed by atoms with E-state index in [0.717, 1.165) is 0 Å². The predicted molar refractivity (Wildman–Crippen MR) is 44.5 cm³/mol. The highest BCUT2D eigenvalue weighted by atomic mass is 16.6. The van der Waals surface area contributed by atoms with E-state index in [9.17, 15) is 0 Å². The smallest absolute Gasteiger partial charge is 0.157 e. The van der Waals surface area contributed by atoms with E-state index < -0.39 is 24.6 Å². The van der Waals surface area contributed by atoms with Gasteiger partial charge in [0.2, 0.25) is 0 Å². The van der Waals surface area contributed by atoms with Crippen molar-refractivity contribution < 1.29 is 20.1 Å². The van der Waals surface area contributed by atoms with Crippen LogP contribution in [0.2, 0.25) is 0 Å². The number of rotatable bonds is 0. The average molecular weight is 178 g/mol. The Morgan fingerprint density at radius 2 is 1.67 bits per heavy atom. The Kier molecular flexibility index (Phi) is 5.41. The van der Waals surface area contributed by atoms with Crippen LogP contribution in [0, 0.1) is 0 Å². The van der Waals surface area contributed by atoms with Crippen LogP contribution in [0.25, 0.3) is 0 Å². The van der Waals surface area contributed by atoms with Gasteiger partial charge in [-0.15, -0.1) is 0 Å². The summed E-state index contributed by atoms with van der Waals surface area (Å²) in [4.78, 5) is 0. The van der Waals surface area contributed by atoms with E-state index in [4.69, 9.17) is 20.1 Å². The molecule has 12 heavy (non-hydrogen) atoms. The first kappa shape index (κ1) is 11.8. The Bertz CT molecular complexity index is 106. The van der Waals surface area contributed by atoms with Gasteiger partial charge in [0.05, 0.1) is 12.2 Å². The van der Waals surface area contributed by atoms with Crippen LogP contribution in [-0.2, 0) is 4.74 Å². The fourth-order valence-electron chi connectivity index (χ4n) is 1.04. The number of aliphatic hydroxyl groups excluding tert-OH is 3. The van der Waals surface area contributed by atoms with Crippen LogP contribution in [0.3, 0.4) is 0 Å². The number of aliphatic hydroxyl groups is 3. The van der Waals surface area contributed by atoms with E-state index in [1.807, 2.05) is 13.8 Å². The van der Waals surface area contributed by atoms with Crippen molar-refractivity contribution in [1.29, 1.82) is 0 Å². The summed E-state index contributed by atoms with van der Waals surface area (Å²) in [7, 11) is 0. The van der Waals surface area contributed by atoms with Crippen LogP contribution in [0.4, 0.5) is 0 Å². The maximum atomic E-state index is 9.08. The lowest BCUT2D eigenvalue weighted by Gasteiger charge is -2.32. The normalized spacial score (nSPS) is 41.5. The average Bonchev–Trinajstić information content (AvgIpc) is 2.04. The summed E-state index contributed by atoms with van der Waals surface area (Å²) in [5, 5.41) is 27.0. The minimum Gasteiger partial charge on any atom is -0.390 e. The van der Waals surface area contributed by atoms with Gasteiger partial charge in [0.15, 0.2) is 6.29 Å². The first-order valence-electron chi connectivity index (χ1n) is 4.31. The topological polar surface area (TPSA) is 69.9 Å². The summed E-state index contributed by atoms with van der Waals surface area (Å²) >= 11 is 0. The highest BCUT2D eigenvalue weighted by molar-refractivity contribution is 4.78. The summed E-state index contributed by atoms with van der Waals surface area (Å²) in [6.07, 6.45) is -3.07. The van der Waals surface area contributed by atoms with Crippen LogP contribution >= 0.6 is 0 Å². The molecule has 1 fully saturated rings. The molecule has 0 aliphatic carbocycles. The molecule has 1 heterocycles. The molecule has 74 valence electrons. The second-order valence-corrected chi connectivity index (χ2v) is 2.59. The number of hydrogen-bond acceptors (Lipinski definition) is 4. The Morgan fingerprint density at radius 3 is 2.08 bits per heavy atom. The van der Waals surface area contributed by atoms with Crippen LogP contribution in [0.5, 0.6) is 0 Å². The standard InChI is InChI=1S/C6H12O4.C2H6/c1-3-6(9)4(7)2-5(8)10-3;1-2/h3-9H,2H2,1H3;1-2H3/t3?,4-,5+,6-;/m0./s1. The Morgan fingerprint density at radius 1 is 1.17 bits per heavy atom. The first-order chi connectivity index (χ1) is 5.61. The molecule has 0 amide bonds. The van der Waals surface area contributed by atoms with Crippen LogP contribution in [0.1, 0.15) is 27.2 Å². The van der Waals surface area contributed by atoms with Crippen molar-refractivity contribution in [2.45, 2.75) is 51.8 Å². The minimum absolute atomic E-state index is 0.0888. The summed E-state index contributed by atoms with van der Waals surface area (Å²) < 4.78 is 4.81. The molecule has 1 rings (SSSR count). The minimum atomic E-state index is -0.937. The van der Waals surface area contributed by atoms with Crippen molar-refractivity contribution in [2.24, 2.45) is 0 Å². The van der Waals surface area contributed by atoms with Gasteiger partial charge < -0.3 is 20.1 Å². The highest BCUT2D eigenvalue weighted by Gasteiger charge is 2.32. The molecule has 0 aromatic rings. The second-order valence-electron chi connectivity index (χ2n) is 2.59. The Labute approximate surface area is 72.8 Å². The maximum absolute atomic E-state index is 9.08. The van der Waals surface area contributed by atoms with Gasteiger partial charge in [-0.25, -0.2) is 0 Å². The van der Waals surface area contributed by atoms with Gasteiger partial charge in [0, 0.05) is 6.42 Å². The molecule has 0 spiro atoms. The molecule has 1 saturated heterocycles. The zero-order valence-corrected chi connectivity index (χ0v) is 7.77. The lowest BCUT2D eigenvalue weighted by molar-refractivity contribution is -0.226. The Hall–Kier alpha value is -0.160. The van der Waals surface area contributed by atoms with Crippen molar-refractivity contribution in [3.05, 3.63) is 0 Å². The van der Waals surface area contributed by atoms with Gasteiger partial charge >= 0.3 is 0 Å². The van der Waals surface area contributed by atoms with Gasteiger partial charge in [-0.2, -0.15) is 0 Å². The van der Waals surface area contributed by atoms with E-state index in [2.05, 4.69) is 0 Å². The van der Waals surface area contributed by atoms with Crippen molar-refractivity contribution in [3.63, 3.8) is 0 Å². The zero-order chi connectivity index (χ0) is 9.72. The third kappa shape index (κ3) is 3.06. The highest BCUT2D eigenvalue weighted by Crippen LogP contribution is 2.17. The van der Waals surface area contributed by atoms with Gasteiger partial charge in [0.1, 0.15) is 6.10 Å². The largest absolute Gasteiger partial charge is 0.390 e. The lowest BCUT2D eigenvalue weighted by atomic mass is 10.0. The molecule has 3 N–H and O–H groups in total. The maximum Gasteiger partial charge on any atom is 0.157 e. The van der Waals surface area contributed by atoms with E-state index >= 15 is 0 Å². The molecule has 0 radical (unpaired) electrons. The summed E-state index contributed by atoms with van der Waals surface area (Å²) in [5.74, 6) is 0. The van der Waals surface area contributed by atoms with E-state index in [0.29, 0.717) is 0 Å². The van der Waals surface area contributed by atoms with Gasteiger partial charge in [0.25, 0.3) is 0 Å². The summed E-state index contributed by atoms with van der Waals surface area (Å²) in [5.41, 5.74) is 0.